The first kappa shape index (κ1) is 16.8. The van der Waals surface area contributed by atoms with Gasteiger partial charge < -0.3 is 10.2 Å². The van der Waals surface area contributed by atoms with Gasteiger partial charge in [-0.15, -0.1) is 11.3 Å². The molecule has 1 fully saturated rings. The third-order valence-electron chi connectivity index (χ3n) is 4.10. The number of hydrogen-bond acceptors (Lipinski definition) is 7. The molecular weight excluding hydrogens is 324 g/mol. The molecule has 1 amide bonds. The van der Waals surface area contributed by atoms with Crippen LogP contribution in [0.2, 0.25) is 0 Å². The number of carbonyl (C=O) groups is 1. The van der Waals surface area contributed by atoms with E-state index < -0.39 is 0 Å². The van der Waals surface area contributed by atoms with Gasteiger partial charge in [0.2, 0.25) is 5.91 Å². The molecule has 3 rings (SSSR count). The van der Waals surface area contributed by atoms with E-state index in [1.807, 2.05) is 5.38 Å². The van der Waals surface area contributed by atoms with E-state index in [1.165, 1.54) is 11.3 Å². The molecule has 1 N–H and O–H groups in total. The van der Waals surface area contributed by atoms with Gasteiger partial charge in [0.25, 0.3) is 0 Å². The van der Waals surface area contributed by atoms with Gasteiger partial charge in [-0.05, 0) is 6.42 Å². The zero-order valence-corrected chi connectivity index (χ0v) is 14.6. The highest BCUT2D eigenvalue weighted by Gasteiger charge is 2.19. The lowest BCUT2D eigenvalue weighted by Crippen LogP contribution is -2.47. The van der Waals surface area contributed by atoms with Crippen molar-refractivity contribution >= 4 is 28.2 Å². The summed E-state index contributed by atoms with van der Waals surface area (Å²) in [6.45, 7) is 6.60. The number of rotatable bonds is 6. The van der Waals surface area contributed by atoms with Crippen LogP contribution in [0, 0.1) is 0 Å². The van der Waals surface area contributed by atoms with Crippen LogP contribution in [0.1, 0.15) is 19.0 Å². The minimum Gasteiger partial charge on any atom is -0.354 e. The first-order valence-electron chi connectivity index (χ1n) is 8.22. The van der Waals surface area contributed by atoms with Crippen LogP contribution >= 0.6 is 11.3 Å². The second-order valence-corrected chi connectivity index (χ2v) is 6.58. The van der Waals surface area contributed by atoms with Crippen molar-refractivity contribution in [3.8, 4) is 0 Å². The summed E-state index contributed by atoms with van der Waals surface area (Å²) in [4.78, 5) is 29.2. The maximum atomic E-state index is 11.9. The first-order chi connectivity index (χ1) is 11.7. The standard InChI is InChI=1S/C16H22N6OS/c1-2-13-11-14(19-12-18-13)22-8-6-21(7-9-22)5-3-15(23)20-16-17-4-10-24-16/h4,10-12H,2-3,5-9H2,1H3,(H,17,20,23). The number of nitrogens with one attached hydrogen (secondary N) is 1. The van der Waals surface area contributed by atoms with Gasteiger partial charge in [0.15, 0.2) is 5.13 Å². The van der Waals surface area contributed by atoms with Crippen molar-refractivity contribution < 1.29 is 4.79 Å². The number of hydrogen-bond donors (Lipinski definition) is 1. The number of anilines is 2. The molecule has 0 aromatic carbocycles. The Balaban J connectivity index is 1.42. The molecule has 8 heteroatoms. The number of aromatic nitrogens is 3. The third kappa shape index (κ3) is 4.48. The maximum Gasteiger partial charge on any atom is 0.227 e. The van der Waals surface area contributed by atoms with Gasteiger partial charge in [0.05, 0.1) is 0 Å². The number of aryl methyl sites for hydroxylation is 1. The van der Waals surface area contributed by atoms with Crippen molar-refractivity contribution in [2.24, 2.45) is 0 Å². The Bertz CT molecular complexity index is 654. The normalized spacial score (nSPS) is 15.5. The summed E-state index contributed by atoms with van der Waals surface area (Å²) in [5.74, 6) is 1.03. The Morgan fingerprint density at radius 2 is 2.08 bits per heavy atom. The molecule has 2 aromatic heterocycles. The van der Waals surface area contributed by atoms with E-state index >= 15 is 0 Å². The highest BCUT2D eigenvalue weighted by molar-refractivity contribution is 7.13. The predicted octanol–water partition coefficient (Wildman–Crippen LogP) is 1.65. The average Bonchev–Trinajstić information content (AvgIpc) is 3.13. The van der Waals surface area contributed by atoms with Crippen LogP contribution < -0.4 is 10.2 Å². The van der Waals surface area contributed by atoms with Crippen molar-refractivity contribution in [1.82, 2.24) is 19.9 Å². The van der Waals surface area contributed by atoms with E-state index in [1.54, 1.807) is 12.5 Å². The molecule has 128 valence electrons. The largest absolute Gasteiger partial charge is 0.354 e. The lowest BCUT2D eigenvalue weighted by molar-refractivity contribution is -0.116. The zero-order chi connectivity index (χ0) is 16.8. The van der Waals surface area contributed by atoms with Crippen molar-refractivity contribution in [3.63, 3.8) is 0 Å². The topological polar surface area (TPSA) is 74.2 Å². The van der Waals surface area contributed by atoms with E-state index in [0.717, 1.165) is 50.7 Å². The predicted molar refractivity (Wildman–Crippen MR) is 95.4 cm³/mol. The van der Waals surface area contributed by atoms with Gasteiger partial charge in [-0.2, -0.15) is 0 Å². The second-order valence-electron chi connectivity index (χ2n) is 5.69. The second kappa shape index (κ2) is 8.16. The molecule has 0 bridgehead atoms. The third-order valence-corrected chi connectivity index (χ3v) is 4.79. The molecule has 24 heavy (non-hydrogen) atoms. The van der Waals surface area contributed by atoms with Crippen LogP contribution in [-0.4, -0.2) is 58.5 Å². The molecule has 0 aliphatic carbocycles. The Hall–Kier alpha value is -2.06. The summed E-state index contributed by atoms with van der Waals surface area (Å²) in [5, 5.41) is 5.34. The van der Waals surface area contributed by atoms with E-state index in [0.29, 0.717) is 11.6 Å². The Labute approximate surface area is 145 Å². The lowest BCUT2D eigenvalue weighted by atomic mass is 10.2. The average molecular weight is 346 g/mol. The molecular formula is C16H22N6OS. The molecule has 1 aliphatic rings. The van der Waals surface area contributed by atoms with E-state index in [-0.39, 0.29) is 5.91 Å². The summed E-state index contributed by atoms with van der Waals surface area (Å²) in [6.07, 6.45) is 4.75. The number of carbonyl (C=O) groups excluding carboxylic acids is 1. The molecule has 1 aliphatic heterocycles. The van der Waals surface area contributed by atoms with E-state index in [9.17, 15) is 4.79 Å². The molecule has 0 saturated carbocycles. The quantitative estimate of drug-likeness (QED) is 0.857. The first-order valence-corrected chi connectivity index (χ1v) is 9.10. The molecule has 0 spiro atoms. The highest BCUT2D eigenvalue weighted by Crippen LogP contribution is 2.15. The van der Waals surface area contributed by atoms with Crippen LogP contribution in [-0.2, 0) is 11.2 Å². The van der Waals surface area contributed by atoms with E-state index in [4.69, 9.17) is 0 Å². The Morgan fingerprint density at radius 1 is 1.25 bits per heavy atom. The minimum atomic E-state index is 0.0239. The highest BCUT2D eigenvalue weighted by atomic mass is 32.1. The fourth-order valence-corrected chi connectivity index (χ4v) is 3.22. The molecule has 2 aromatic rings. The summed E-state index contributed by atoms with van der Waals surface area (Å²) < 4.78 is 0. The smallest absolute Gasteiger partial charge is 0.227 e. The number of thiazole rings is 1. The minimum absolute atomic E-state index is 0.0239. The molecule has 0 unspecified atom stereocenters. The van der Waals surface area contributed by atoms with Gasteiger partial charge >= 0.3 is 0 Å². The summed E-state index contributed by atoms with van der Waals surface area (Å²) in [5.41, 5.74) is 1.07. The van der Waals surface area contributed by atoms with Crippen LogP contribution in [0.5, 0.6) is 0 Å². The van der Waals surface area contributed by atoms with Gasteiger partial charge in [-0.3, -0.25) is 9.69 Å². The summed E-state index contributed by atoms with van der Waals surface area (Å²) in [6, 6.07) is 2.07. The van der Waals surface area contributed by atoms with Crippen molar-refractivity contribution in [3.05, 3.63) is 29.7 Å². The van der Waals surface area contributed by atoms with Crippen LogP contribution in [0.3, 0.4) is 0 Å². The molecule has 0 atom stereocenters. The van der Waals surface area contributed by atoms with Gasteiger partial charge in [0, 0.05) is 62.5 Å². The Kier molecular flexibility index (Phi) is 5.71. The van der Waals surface area contributed by atoms with Crippen LogP contribution in [0.4, 0.5) is 10.9 Å². The molecule has 0 radical (unpaired) electrons. The molecule has 3 heterocycles. The number of nitrogens with zero attached hydrogens (tertiary/aromatic N) is 5. The maximum absolute atomic E-state index is 11.9. The van der Waals surface area contributed by atoms with Crippen molar-refractivity contribution in [2.45, 2.75) is 19.8 Å². The van der Waals surface area contributed by atoms with E-state index in [2.05, 4.69) is 43.1 Å². The fourth-order valence-electron chi connectivity index (χ4n) is 2.68. The fraction of sp³-hybridized carbons (Fsp3) is 0.500. The monoisotopic (exact) mass is 346 g/mol. The molecule has 1 saturated heterocycles. The Morgan fingerprint density at radius 3 is 2.79 bits per heavy atom. The van der Waals surface area contributed by atoms with Crippen molar-refractivity contribution in [2.75, 3.05) is 42.9 Å². The lowest BCUT2D eigenvalue weighted by Gasteiger charge is -2.35. The van der Waals surface area contributed by atoms with Crippen LogP contribution in [0.15, 0.2) is 24.0 Å². The van der Waals surface area contributed by atoms with Crippen molar-refractivity contribution in [1.29, 1.82) is 0 Å². The number of piperazine rings is 1. The van der Waals surface area contributed by atoms with Gasteiger partial charge in [0.1, 0.15) is 12.1 Å². The van der Waals surface area contributed by atoms with Gasteiger partial charge in [-0.25, -0.2) is 15.0 Å². The molecule has 7 nitrogen and oxygen atoms in total. The summed E-state index contributed by atoms with van der Waals surface area (Å²) >= 11 is 1.44. The zero-order valence-electron chi connectivity index (χ0n) is 13.8. The van der Waals surface area contributed by atoms with Crippen LogP contribution in [0.25, 0.3) is 0 Å². The number of amides is 1. The summed E-state index contributed by atoms with van der Waals surface area (Å²) in [7, 11) is 0. The van der Waals surface area contributed by atoms with Gasteiger partial charge in [-0.1, -0.05) is 6.92 Å². The SMILES string of the molecule is CCc1cc(N2CCN(CCC(=O)Nc3nccs3)CC2)ncn1.